The second-order valence-electron chi connectivity index (χ2n) is 13.2. The van der Waals surface area contributed by atoms with Crippen molar-refractivity contribution in [1.82, 2.24) is 0 Å². The highest BCUT2D eigenvalue weighted by Crippen LogP contribution is 2.47. The zero-order valence-electron chi connectivity index (χ0n) is 26.6. The number of hydrogen-bond donors (Lipinski definition) is 0. The van der Waals surface area contributed by atoms with Gasteiger partial charge in [-0.3, -0.25) is 0 Å². The van der Waals surface area contributed by atoms with Gasteiger partial charge in [-0.2, -0.15) is 0 Å². The van der Waals surface area contributed by atoms with Crippen LogP contribution >= 0.6 is 0 Å². The Hall–Kier alpha value is -6.44. The lowest BCUT2D eigenvalue weighted by Crippen LogP contribution is -1.91. The van der Waals surface area contributed by atoms with Gasteiger partial charge in [0.2, 0.25) is 0 Å². The molecule has 0 atom stereocenters. The van der Waals surface area contributed by atoms with Crippen LogP contribution in [0.5, 0.6) is 0 Å². The van der Waals surface area contributed by atoms with E-state index in [-0.39, 0.29) is 0 Å². The number of furan rings is 1. The smallest absolute Gasteiger partial charge is 0.143 e. The molecular formula is C48H28O. The maximum Gasteiger partial charge on any atom is 0.143 e. The minimum atomic E-state index is 0.909. The highest BCUT2D eigenvalue weighted by molar-refractivity contribution is 6.30. The summed E-state index contributed by atoms with van der Waals surface area (Å²) in [4.78, 5) is 0. The van der Waals surface area contributed by atoms with Gasteiger partial charge in [0.05, 0.1) is 0 Å². The number of rotatable bonds is 3. The molecule has 0 saturated heterocycles. The van der Waals surface area contributed by atoms with E-state index >= 15 is 0 Å². The van der Waals surface area contributed by atoms with E-state index in [1.54, 1.807) is 0 Å². The van der Waals surface area contributed by atoms with E-state index in [1.807, 2.05) is 0 Å². The van der Waals surface area contributed by atoms with E-state index in [0.717, 1.165) is 33.1 Å². The summed E-state index contributed by atoms with van der Waals surface area (Å²) in [6.45, 7) is 0. The first-order valence-electron chi connectivity index (χ1n) is 16.9. The molecule has 0 fully saturated rings. The molecule has 0 spiro atoms. The standard InChI is InChI=1S/C48H28O/c1-2-10-29(11-3-1)34-26-27-41(47-42-16-8-9-17-44(42)49-48(34)47)37-22-18-30-21-25-40-38(23-19-31-20-24-39(37)45(30)46(31)40)43-28-32-12-4-5-13-33(32)35-14-6-7-15-36(35)43/h1-28H. The van der Waals surface area contributed by atoms with Crippen LogP contribution in [0, 0.1) is 0 Å². The second kappa shape index (κ2) is 10.0. The van der Waals surface area contributed by atoms with Gasteiger partial charge < -0.3 is 4.42 Å². The van der Waals surface area contributed by atoms with Crippen molar-refractivity contribution in [3.8, 4) is 33.4 Å². The van der Waals surface area contributed by atoms with Gasteiger partial charge >= 0.3 is 0 Å². The van der Waals surface area contributed by atoms with E-state index in [2.05, 4.69) is 170 Å². The molecule has 1 nitrogen and oxygen atoms in total. The molecule has 226 valence electrons. The van der Waals surface area contributed by atoms with Crippen LogP contribution in [0.3, 0.4) is 0 Å². The minimum Gasteiger partial charge on any atom is -0.455 e. The lowest BCUT2D eigenvalue weighted by molar-refractivity contribution is 0.670. The molecule has 1 heterocycles. The van der Waals surface area contributed by atoms with E-state index in [9.17, 15) is 0 Å². The lowest BCUT2D eigenvalue weighted by atomic mass is 9.85. The molecule has 0 bridgehead atoms. The predicted molar refractivity (Wildman–Crippen MR) is 209 cm³/mol. The maximum absolute atomic E-state index is 6.66. The van der Waals surface area contributed by atoms with Crippen LogP contribution < -0.4 is 0 Å². The highest BCUT2D eigenvalue weighted by atomic mass is 16.3. The maximum atomic E-state index is 6.66. The van der Waals surface area contributed by atoms with Gasteiger partial charge in [0.15, 0.2) is 0 Å². The Kier molecular flexibility index (Phi) is 5.45. The first-order valence-corrected chi connectivity index (χ1v) is 16.9. The normalized spacial score (nSPS) is 12.1. The molecule has 1 heteroatoms. The van der Waals surface area contributed by atoms with E-state index in [1.165, 1.54) is 76.1 Å². The fourth-order valence-corrected chi connectivity index (χ4v) is 8.45. The molecule has 11 rings (SSSR count). The SMILES string of the molecule is c1ccc(-c2ccc(-c3ccc4ccc5c(-c6cc7ccccc7c7ccccc67)ccc6ccc3c4c65)c3c2oc2ccccc23)cc1. The third kappa shape index (κ3) is 3.76. The molecule has 49 heavy (non-hydrogen) atoms. The van der Waals surface area contributed by atoms with Crippen molar-refractivity contribution in [2.75, 3.05) is 0 Å². The van der Waals surface area contributed by atoms with Crippen molar-refractivity contribution in [3.63, 3.8) is 0 Å². The zero-order chi connectivity index (χ0) is 32.1. The first-order chi connectivity index (χ1) is 24.3. The van der Waals surface area contributed by atoms with Crippen molar-refractivity contribution in [2.45, 2.75) is 0 Å². The Labute approximate surface area is 282 Å². The highest BCUT2D eigenvalue weighted by Gasteiger charge is 2.21. The molecule has 1 aromatic heterocycles. The zero-order valence-corrected chi connectivity index (χ0v) is 26.6. The number of para-hydroxylation sites is 1. The minimum absolute atomic E-state index is 0.909. The second-order valence-corrected chi connectivity index (χ2v) is 13.2. The van der Waals surface area contributed by atoms with Crippen molar-refractivity contribution < 1.29 is 4.42 Å². The summed E-state index contributed by atoms with van der Waals surface area (Å²) in [6.07, 6.45) is 0. The Morgan fingerprint density at radius 1 is 0.286 bits per heavy atom. The average molecular weight is 621 g/mol. The molecule has 0 N–H and O–H groups in total. The summed E-state index contributed by atoms with van der Waals surface area (Å²) in [5.74, 6) is 0. The van der Waals surface area contributed by atoms with Crippen LogP contribution in [0.25, 0.3) is 109 Å². The number of hydrogen-bond acceptors (Lipinski definition) is 1. The lowest BCUT2D eigenvalue weighted by Gasteiger charge is -2.18. The largest absolute Gasteiger partial charge is 0.455 e. The van der Waals surface area contributed by atoms with Crippen molar-refractivity contribution in [3.05, 3.63) is 170 Å². The summed E-state index contributed by atoms with van der Waals surface area (Å²) < 4.78 is 6.66. The quantitative estimate of drug-likeness (QED) is 0.179. The van der Waals surface area contributed by atoms with E-state index in [0.29, 0.717) is 0 Å². The Bertz CT molecular complexity index is 3090. The van der Waals surface area contributed by atoms with E-state index < -0.39 is 0 Å². The molecule has 0 amide bonds. The Morgan fingerprint density at radius 3 is 1.59 bits per heavy atom. The van der Waals surface area contributed by atoms with Gasteiger partial charge in [-0.25, -0.2) is 0 Å². The van der Waals surface area contributed by atoms with Gasteiger partial charge in [-0.1, -0.05) is 152 Å². The van der Waals surface area contributed by atoms with Gasteiger partial charge in [0, 0.05) is 16.3 Å². The Balaban J connectivity index is 1.22. The summed E-state index contributed by atoms with van der Waals surface area (Å²) in [5, 5.41) is 15.1. The third-order valence-electron chi connectivity index (χ3n) is 10.6. The van der Waals surface area contributed by atoms with Crippen LogP contribution in [0.4, 0.5) is 0 Å². The first kappa shape index (κ1) is 26.6. The Morgan fingerprint density at radius 2 is 0.837 bits per heavy atom. The predicted octanol–water partition coefficient (Wildman–Crippen LogP) is 13.8. The van der Waals surface area contributed by atoms with Crippen LogP contribution in [0.1, 0.15) is 0 Å². The van der Waals surface area contributed by atoms with Crippen LogP contribution in [-0.4, -0.2) is 0 Å². The topological polar surface area (TPSA) is 13.1 Å². The van der Waals surface area contributed by atoms with Crippen LogP contribution in [0.15, 0.2) is 174 Å². The molecule has 10 aromatic carbocycles. The van der Waals surface area contributed by atoms with Gasteiger partial charge in [-0.15, -0.1) is 0 Å². The summed E-state index contributed by atoms with van der Waals surface area (Å²) in [5.41, 5.74) is 9.06. The monoisotopic (exact) mass is 620 g/mol. The third-order valence-corrected chi connectivity index (χ3v) is 10.6. The van der Waals surface area contributed by atoms with Crippen LogP contribution in [-0.2, 0) is 0 Å². The fourth-order valence-electron chi connectivity index (χ4n) is 8.45. The average Bonchev–Trinajstić information content (AvgIpc) is 3.56. The van der Waals surface area contributed by atoms with Crippen molar-refractivity contribution in [1.29, 1.82) is 0 Å². The summed E-state index contributed by atoms with van der Waals surface area (Å²) >= 11 is 0. The summed E-state index contributed by atoms with van der Waals surface area (Å²) in [7, 11) is 0. The molecule has 0 saturated carbocycles. The van der Waals surface area contributed by atoms with Crippen LogP contribution in [0.2, 0.25) is 0 Å². The molecule has 11 aromatic rings. The van der Waals surface area contributed by atoms with Gasteiger partial charge in [0.25, 0.3) is 0 Å². The molecule has 0 aliphatic rings. The molecule has 0 aliphatic heterocycles. The molecular weight excluding hydrogens is 593 g/mol. The molecule has 0 radical (unpaired) electrons. The van der Waals surface area contributed by atoms with Crippen molar-refractivity contribution in [2.24, 2.45) is 0 Å². The van der Waals surface area contributed by atoms with Gasteiger partial charge in [-0.05, 0) is 99.9 Å². The van der Waals surface area contributed by atoms with Crippen molar-refractivity contribution >= 4 is 75.8 Å². The number of benzene rings is 10. The summed E-state index contributed by atoms with van der Waals surface area (Å²) in [6, 6.07) is 62.0. The molecule has 0 unspecified atom stereocenters. The van der Waals surface area contributed by atoms with Gasteiger partial charge in [0.1, 0.15) is 11.2 Å². The molecule has 0 aliphatic carbocycles. The van der Waals surface area contributed by atoms with E-state index in [4.69, 9.17) is 4.42 Å². The number of fused-ring (bicyclic) bond motifs is 6. The fraction of sp³-hybridized carbons (Fsp3) is 0.